The lowest BCUT2D eigenvalue weighted by Gasteiger charge is -2.40. The Kier molecular flexibility index (Phi) is 6.81. The van der Waals surface area contributed by atoms with E-state index < -0.39 is 5.41 Å². The Bertz CT molecular complexity index is 2450. The molecular weight excluding hydrogens is 611 g/mol. The molecule has 10 rings (SSSR count). The fraction of sp³-hybridized carbons (Fsp3) is 0.0870. The molecule has 1 aromatic heterocycles. The molecule has 7 aromatic carbocycles. The second kappa shape index (κ2) is 11.7. The molecule has 2 heterocycles. The summed E-state index contributed by atoms with van der Waals surface area (Å²) in [5, 5.41) is 14.0. The first-order valence-corrected chi connectivity index (χ1v) is 17.4. The van der Waals surface area contributed by atoms with Crippen molar-refractivity contribution < 1.29 is 4.42 Å². The first-order chi connectivity index (χ1) is 24.8. The van der Waals surface area contributed by atoms with Gasteiger partial charge in [0.25, 0.3) is 0 Å². The summed E-state index contributed by atoms with van der Waals surface area (Å²) in [5.41, 5.74) is 12.5. The highest BCUT2D eigenvalue weighted by Gasteiger charge is 2.46. The summed E-state index contributed by atoms with van der Waals surface area (Å²) in [6, 6.07) is 63.4. The van der Waals surface area contributed by atoms with Crippen LogP contribution < -0.4 is 16.0 Å². The first-order valence-electron chi connectivity index (χ1n) is 17.4. The van der Waals surface area contributed by atoms with E-state index in [0.717, 1.165) is 27.5 Å². The van der Waals surface area contributed by atoms with Crippen LogP contribution in [-0.2, 0) is 5.41 Å². The molecule has 1 fully saturated rings. The summed E-state index contributed by atoms with van der Waals surface area (Å²) >= 11 is 0. The zero-order chi connectivity index (χ0) is 33.1. The maximum absolute atomic E-state index is 6.32. The zero-order valence-electron chi connectivity index (χ0n) is 27.4. The van der Waals surface area contributed by atoms with Crippen molar-refractivity contribution in [2.24, 2.45) is 0 Å². The molecule has 1 aliphatic heterocycles. The average Bonchev–Trinajstić information content (AvgIpc) is 3.72. The lowest BCUT2D eigenvalue weighted by Crippen LogP contribution is -2.54. The Morgan fingerprint density at radius 3 is 1.62 bits per heavy atom. The molecule has 0 saturated carbocycles. The molecule has 1 aliphatic carbocycles. The maximum Gasteiger partial charge on any atom is 0.135 e. The van der Waals surface area contributed by atoms with Gasteiger partial charge in [-0.2, -0.15) is 0 Å². The summed E-state index contributed by atoms with van der Waals surface area (Å²) in [5.74, 6) is 0. The molecule has 2 aliphatic rings. The zero-order valence-corrected chi connectivity index (χ0v) is 27.4. The van der Waals surface area contributed by atoms with Crippen molar-refractivity contribution in [3.63, 3.8) is 0 Å². The summed E-state index contributed by atoms with van der Waals surface area (Å²) in [4.78, 5) is 0. The van der Waals surface area contributed by atoms with E-state index in [0.29, 0.717) is 0 Å². The van der Waals surface area contributed by atoms with E-state index >= 15 is 0 Å². The predicted octanol–water partition coefficient (Wildman–Crippen LogP) is 10.1. The molecule has 3 atom stereocenters. The largest absolute Gasteiger partial charge is 0.456 e. The normalized spacial score (nSPS) is 19.3. The SMILES string of the molecule is c1ccc(C2NC(c3ccc4c(c3)C(c3ccccc3)(c3ccccc3)c3ccccc3-4)NC(c3ccc4c(c3)oc3ccccc34)N2)cc1. The number of nitrogens with one attached hydrogen (secondary N) is 3. The van der Waals surface area contributed by atoms with Crippen LogP contribution in [0.1, 0.15) is 57.4 Å². The van der Waals surface area contributed by atoms with Crippen molar-refractivity contribution in [1.29, 1.82) is 0 Å². The van der Waals surface area contributed by atoms with Gasteiger partial charge in [0.15, 0.2) is 0 Å². The van der Waals surface area contributed by atoms with Crippen molar-refractivity contribution >= 4 is 21.9 Å². The van der Waals surface area contributed by atoms with Crippen molar-refractivity contribution in [3.05, 3.63) is 215 Å². The van der Waals surface area contributed by atoms with Crippen molar-refractivity contribution in [1.82, 2.24) is 16.0 Å². The first kappa shape index (κ1) is 29.2. The highest BCUT2D eigenvalue weighted by molar-refractivity contribution is 6.04. The van der Waals surface area contributed by atoms with Gasteiger partial charge in [0.1, 0.15) is 11.2 Å². The van der Waals surface area contributed by atoms with E-state index in [-0.39, 0.29) is 18.5 Å². The van der Waals surface area contributed by atoms with Crippen LogP contribution >= 0.6 is 0 Å². The van der Waals surface area contributed by atoms with Gasteiger partial charge in [-0.1, -0.05) is 164 Å². The monoisotopic (exact) mass is 645 g/mol. The Labute approximate surface area is 291 Å². The van der Waals surface area contributed by atoms with Gasteiger partial charge in [-0.05, 0) is 62.2 Å². The third-order valence-electron chi connectivity index (χ3n) is 10.7. The highest BCUT2D eigenvalue weighted by atomic mass is 16.3. The van der Waals surface area contributed by atoms with Crippen molar-refractivity contribution in [2.75, 3.05) is 0 Å². The van der Waals surface area contributed by atoms with Crippen LogP contribution in [0.3, 0.4) is 0 Å². The predicted molar refractivity (Wildman–Crippen MR) is 202 cm³/mol. The third-order valence-corrected chi connectivity index (χ3v) is 10.7. The van der Waals surface area contributed by atoms with E-state index in [2.05, 4.69) is 180 Å². The van der Waals surface area contributed by atoms with E-state index in [1.165, 1.54) is 44.5 Å². The van der Waals surface area contributed by atoms with Gasteiger partial charge < -0.3 is 4.42 Å². The van der Waals surface area contributed by atoms with Crippen LogP contribution in [0, 0.1) is 0 Å². The van der Waals surface area contributed by atoms with E-state index in [1.54, 1.807) is 0 Å². The molecule has 50 heavy (non-hydrogen) atoms. The Morgan fingerprint density at radius 1 is 0.380 bits per heavy atom. The van der Waals surface area contributed by atoms with E-state index in [1.807, 2.05) is 12.1 Å². The van der Waals surface area contributed by atoms with Gasteiger partial charge in [0.2, 0.25) is 0 Å². The third kappa shape index (κ3) is 4.50. The van der Waals surface area contributed by atoms with E-state index in [4.69, 9.17) is 4.42 Å². The lowest BCUT2D eigenvalue weighted by atomic mass is 9.67. The number of fused-ring (bicyclic) bond motifs is 6. The molecule has 0 radical (unpaired) electrons. The highest BCUT2D eigenvalue weighted by Crippen LogP contribution is 2.56. The van der Waals surface area contributed by atoms with Crippen LogP contribution in [0.5, 0.6) is 0 Å². The molecule has 0 bridgehead atoms. The average molecular weight is 646 g/mol. The van der Waals surface area contributed by atoms with Crippen molar-refractivity contribution in [2.45, 2.75) is 23.9 Å². The van der Waals surface area contributed by atoms with Gasteiger partial charge in [-0.25, -0.2) is 0 Å². The van der Waals surface area contributed by atoms with Gasteiger partial charge in [0, 0.05) is 10.8 Å². The van der Waals surface area contributed by atoms with Crippen molar-refractivity contribution in [3.8, 4) is 11.1 Å². The Morgan fingerprint density at radius 2 is 0.900 bits per heavy atom. The molecule has 0 spiro atoms. The number of furan rings is 1. The van der Waals surface area contributed by atoms with Gasteiger partial charge in [-0.3, -0.25) is 16.0 Å². The molecule has 240 valence electrons. The minimum absolute atomic E-state index is 0.0859. The van der Waals surface area contributed by atoms with Crippen LogP contribution in [0.15, 0.2) is 180 Å². The number of hydrogen-bond acceptors (Lipinski definition) is 4. The molecule has 4 nitrogen and oxygen atoms in total. The minimum Gasteiger partial charge on any atom is -0.456 e. The molecule has 0 amide bonds. The van der Waals surface area contributed by atoms with Gasteiger partial charge in [-0.15, -0.1) is 0 Å². The van der Waals surface area contributed by atoms with Crippen LogP contribution in [0.2, 0.25) is 0 Å². The molecule has 8 aromatic rings. The molecule has 4 heteroatoms. The fourth-order valence-corrected chi connectivity index (χ4v) is 8.43. The number of para-hydroxylation sites is 1. The smallest absolute Gasteiger partial charge is 0.135 e. The van der Waals surface area contributed by atoms with Crippen LogP contribution in [-0.4, -0.2) is 0 Å². The molecule has 1 saturated heterocycles. The summed E-state index contributed by atoms with van der Waals surface area (Å²) in [6.45, 7) is 0. The van der Waals surface area contributed by atoms with E-state index in [9.17, 15) is 0 Å². The quantitative estimate of drug-likeness (QED) is 0.174. The standard InChI is InChI=1S/C46H35N3O/c1-4-14-30(15-5-1)43-47-44(49-45(48-43)32-25-27-38-37-21-11-13-23-41(37)50-42(38)29-32)31-24-26-36-35-20-10-12-22-39(35)46(40(36)28-31,33-16-6-2-7-17-33)34-18-8-3-9-19-34/h1-29,43-45,47-49H. The molecule has 3 unspecified atom stereocenters. The number of benzene rings is 7. The lowest BCUT2D eigenvalue weighted by molar-refractivity contribution is 0.203. The van der Waals surface area contributed by atoms with Crippen LogP contribution in [0.25, 0.3) is 33.1 Å². The second-order valence-corrected chi connectivity index (χ2v) is 13.4. The minimum atomic E-state index is -0.456. The fourth-order valence-electron chi connectivity index (χ4n) is 8.43. The number of rotatable bonds is 5. The summed E-state index contributed by atoms with van der Waals surface area (Å²) in [7, 11) is 0. The molecular formula is C46H35N3O. The summed E-state index contributed by atoms with van der Waals surface area (Å²) in [6.07, 6.45) is -0.365. The summed E-state index contributed by atoms with van der Waals surface area (Å²) < 4.78 is 6.32. The van der Waals surface area contributed by atoms with Gasteiger partial charge >= 0.3 is 0 Å². The topological polar surface area (TPSA) is 49.2 Å². The molecule has 3 N–H and O–H groups in total. The van der Waals surface area contributed by atoms with Gasteiger partial charge in [0.05, 0.1) is 23.9 Å². The number of hydrogen-bond donors (Lipinski definition) is 3. The second-order valence-electron chi connectivity index (χ2n) is 13.4. The Balaban J connectivity index is 1.12. The Hall–Kier alpha value is -5.78. The van der Waals surface area contributed by atoms with Crippen LogP contribution in [0.4, 0.5) is 0 Å². The maximum atomic E-state index is 6.32.